The van der Waals surface area contributed by atoms with Gasteiger partial charge < -0.3 is 18.6 Å². The molecule has 0 atom stereocenters. The van der Waals surface area contributed by atoms with Crippen molar-refractivity contribution in [1.29, 1.82) is 0 Å². The maximum absolute atomic E-state index is 13.7. The Bertz CT molecular complexity index is 2220. The Balaban J connectivity index is 1.16. The number of nitrogens with zero attached hydrogens (tertiary/aromatic N) is 2. The fourth-order valence-electron chi connectivity index (χ4n) is 9.53. The van der Waals surface area contributed by atoms with Gasteiger partial charge in [-0.05, 0) is 93.9 Å². The van der Waals surface area contributed by atoms with E-state index in [1.54, 1.807) is 0 Å². The van der Waals surface area contributed by atoms with Crippen molar-refractivity contribution in [3.8, 4) is 22.3 Å². The van der Waals surface area contributed by atoms with E-state index in [4.69, 9.17) is 8.83 Å². The molecular formula is C44H48N2O4. The van der Waals surface area contributed by atoms with Gasteiger partial charge in [0.25, 0.3) is 0 Å². The van der Waals surface area contributed by atoms with Crippen molar-refractivity contribution in [1.82, 2.24) is 0 Å². The lowest BCUT2D eigenvalue weighted by atomic mass is 9.69. The van der Waals surface area contributed by atoms with Crippen LogP contribution < -0.4 is 21.1 Å². The van der Waals surface area contributed by atoms with Crippen LogP contribution in [0.1, 0.15) is 103 Å². The van der Waals surface area contributed by atoms with Gasteiger partial charge in [0.2, 0.25) is 0 Å². The lowest BCUT2D eigenvalue weighted by molar-refractivity contribution is 0.398. The standard InChI is InChI=1S/C44H48N2O4/c1-41(2)13-17-45-19-15-43(5,6)33-35(45)31(41)23-27-21-29(39(47)49-37(27)33)25-9-11-26(12-10-25)30-22-28-24-32-36-34(38(28)50-40(30)48)44(7,8)16-20-46(36)18-14-42(32,3)4/h9-12,21-24H,13-20H2,1-8H3. The van der Waals surface area contributed by atoms with Crippen LogP contribution in [-0.2, 0) is 21.7 Å². The average Bonchev–Trinajstić information content (AvgIpc) is 3.05. The summed E-state index contributed by atoms with van der Waals surface area (Å²) >= 11 is 0. The topological polar surface area (TPSA) is 66.9 Å². The fraction of sp³-hybridized carbons (Fsp3) is 0.455. The zero-order chi connectivity index (χ0) is 35.1. The van der Waals surface area contributed by atoms with Gasteiger partial charge in [-0.15, -0.1) is 0 Å². The molecule has 4 aliphatic rings. The third-order valence-electron chi connectivity index (χ3n) is 13.0. The van der Waals surface area contributed by atoms with Crippen molar-refractivity contribution in [3.05, 3.63) is 91.6 Å². The van der Waals surface area contributed by atoms with Gasteiger partial charge in [0.1, 0.15) is 11.2 Å². The molecule has 6 nitrogen and oxygen atoms in total. The lowest BCUT2D eigenvalue weighted by Crippen LogP contribution is -2.44. The second-order valence-corrected chi connectivity index (χ2v) is 18.1. The Morgan fingerprint density at radius 2 is 0.840 bits per heavy atom. The van der Waals surface area contributed by atoms with E-state index < -0.39 is 0 Å². The smallest absolute Gasteiger partial charge is 0.344 e. The summed E-state index contributed by atoms with van der Waals surface area (Å²) in [5.41, 5.74) is 10.8. The van der Waals surface area contributed by atoms with Crippen LogP contribution in [0, 0.1) is 0 Å². The van der Waals surface area contributed by atoms with Crippen molar-refractivity contribution in [2.75, 3.05) is 36.0 Å². The SMILES string of the molecule is CC1(C)CCN2CCC(C)(C)c3c2c1cc1cc(-c2ccc(-c4cc5cc6c7c(c5oc4=O)C(C)(C)CCN7CCC6(C)C)cc2)c(=O)oc31. The van der Waals surface area contributed by atoms with E-state index >= 15 is 0 Å². The molecule has 0 radical (unpaired) electrons. The number of hydrogen-bond donors (Lipinski definition) is 0. The molecule has 0 saturated heterocycles. The van der Waals surface area contributed by atoms with Crippen LogP contribution in [0.25, 0.3) is 44.2 Å². The zero-order valence-corrected chi connectivity index (χ0v) is 30.8. The van der Waals surface area contributed by atoms with Gasteiger partial charge in [-0.2, -0.15) is 0 Å². The maximum Gasteiger partial charge on any atom is 0.344 e. The summed E-state index contributed by atoms with van der Waals surface area (Å²) in [6.45, 7) is 22.5. The zero-order valence-electron chi connectivity index (χ0n) is 30.8. The number of anilines is 2. The second kappa shape index (κ2) is 10.1. The number of hydrogen-bond acceptors (Lipinski definition) is 6. The second-order valence-electron chi connectivity index (χ2n) is 18.1. The van der Waals surface area contributed by atoms with Crippen molar-refractivity contribution in [3.63, 3.8) is 0 Å². The molecule has 0 N–H and O–H groups in total. The molecular weight excluding hydrogens is 620 g/mol. The molecule has 0 fully saturated rings. The molecule has 0 saturated carbocycles. The van der Waals surface area contributed by atoms with Crippen LogP contribution in [0.4, 0.5) is 11.4 Å². The Morgan fingerprint density at radius 1 is 0.500 bits per heavy atom. The summed E-state index contributed by atoms with van der Waals surface area (Å²) in [5, 5.41) is 1.93. The maximum atomic E-state index is 13.7. The van der Waals surface area contributed by atoms with Gasteiger partial charge in [0.15, 0.2) is 0 Å². The van der Waals surface area contributed by atoms with E-state index in [0.717, 1.165) is 73.8 Å². The lowest BCUT2D eigenvalue weighted by Gasteiger charge is -2.48. The highest BCUT2D eigenvalue weighted by atomic mass is 16.4. The molecule has 50 heavy (non-hydrogen) atoms. The monoisotopic (exact) mass is 668 g/mol. The summed E-state index contributed by atoms with van der Waals surface area (Å²) in [5.74, 6) is 0. The molecule has 2 aromatic heterocycles. The van der Waals surface area contributed by atoms with E-state index in [1.807, 2.05) is 36.4 Å². The van der Waals surface area contributed by atoms with E-state index in [-0.39, 0.29) is 32.9 Å². The van der Waals surface area contributed by atoms with Gasteiger partial charge in [-0.25, -0.2) is 9.59 Å². The Labute approximate surface area is 294 Å². The van der Waals surface area contributed by atoms with Crippen molar-refractivity contribution in [2.45, 2.75) is 103 Å². The molecule has 0 aliphatic carbocycles. The van der Waals surface area contributed by atoms with Crippen LogP contribution >= 0.6 is 0 Å². The van der Waals surface area contributed by atoms with Gasteiger partial charge in [0.05, 0.1) is 11.1 Å². The fourth-order valence-corrected chi connectivity index (χ4v) is 9.53. The van der Waals surface area contributed by atoms with Crippen molar-refractivity contribution in [2.24, 2.45) is 0 Å². The van der Waals surface area contributed by atoms with Gasteiger partial charge >= 0.3 is 11.3 Å². The summed E-state index contributed by atoms with van der Waals surface area (Å²) < 4.78 is 12.5. The van der Waals surface area contributed by atoms with Crippen LogP contribution in [0.2, 0.25) is 0 Å². The third kappa shape index (κ3) is 4.45. The minimum atomic E-state index is -0.340. The highest BCUT2D eigenvalue weighted by Gasteiger charge is 2.43. The molecule has 258 valence electrons. The molecule has 0 spiro atoms. The molecule has 5 aromatic rings. The van der Waals surface area contributed by atoms with Gasteiger partial charge in [0, 0.05) is 59.5 Å². The first-order valence-corrected chi connectivity index (χ1v) is 18.5. The first kappa shape index (κ1) is 31.6. The minimum absolute atomic E-state index is 0.0308. The Kier molecular flexibility index (Phi) is 6.42. The van der Waals surface area contributed by atoms with Crippen LogP contribution in [0.3, 0.4) is 0 Å². The van der Waals surface area contributed by atoms with E-state index in [9.17, 15) is 9.59 Å². The first-order valence-electron chi connectivity index (χ1n) is 18.5. The molecule has 9 rings (SSSR count). The van der Waals surface area contributed by atoms with E-state index in [2.05, 4.69) is 77.3 Å². The normalized spacial score (nSPS) is 20.9. The molecule has 3 aromatic carbocycles. The van der Waals surface area contributed by atoms with Crippen LogP contribution in [0.5, 0.6) is 0 Å². The van der Waals surface area contributed by atoms with Gasteiger partial charge in [-0.3, -0.25) is 0 Å². The van der Waals surface area contributed by atoms with E-state index in [0.29, 0.717) is 22.3 Å². The Morgan fingerprint density at radius 3 is 1.20 bits per heavy atom. The molecule has 0 bridgehead atoms. The largest absolute Gasteiger partial charge is 0.422 e. The molecule has 4 aliphatic heterocycles. The molecule has 6 heterocycles. The first-order chi connectivity index (χ1) is 23.6. The predicted octanol–water partition coefficient (Wildman–Crippen LogP) is 9.57. The summed E-state index contributed by atoms with van der Waals surface area (Å²) in [6, 6.07) is 16.3. The van der Waals surface area contributed by atoms with Gasteiger partial charge in [-0.1, -0.05) is 79.7 Å². The number of benzene rings is 3. The number of rotatable bonds is 2. The van der Waals surface area contributed by atoms with Crippen molar-refractivity contribution < 1.29 is 8.83 Å². The Hall–Kier alpha value is -4.32. The summed E-state index contributed by atoms with van der Waals surface area (Å²) in [4.78, 5) is 32.4. The van der Waals surface area contributed by atoms with Crippen molar-refractivity contribution >= 4 is 33.3 Å². The van der Waals surface area contributed by atoms with E-state index in [1.165, 1.54) is 33.6 Å². The molecule has 0 unspecified atom stereocenters. The molecule has 0 amide bonds. The third-order valence-corrected chi connectivity index (χ3v) is 13.0. The van der Waals surface area contributed by atoms with Crippen LogP contribution in [0.15, 0.2) is 67.0 Å². The quantitative estimate of drug-likeness (QED) is 0.175. The highest BCUT2D eigenvalue weighted by molar-refractivity contribution is 5.94. The summed E-state index contributed by atoms with van der Waals surface area (Å²) in [6.07, 6.45) is 4.23. The number of fused-ring (bicyclic) bond motifs is 4. The minimum Gasteiger partial charge on any atom is -0.422 e. The molecule has 6 heteroatoms. The van der Waals surface area contributed by atoms with Crippen LogP contribution in [-0.4, -0.2) is 26.2 Å². The average molecular weight is 669 g/mol. The predicted molar refractivity (Wildman–Crippen MR) is 204 cm³/mol. The highest BCUT2D eigenvalue weighted by Crippen LogP contribution is 2.53. The summed E-state index contributed by atoms with van der Waals surface area (Å²) in [7, 11) is 0.